The summed E-state index contributed by atoms with van der Waals surface area (Å²) in [6, 6.07) is 1.00. The van der Waals surface area contributed by atoms with Crippen LogP contribution in [0.5, 0.6) is 0 Å². The van der Waals surface area contributed by atoms with Gasteiger partial charge in [-0.25, -0.2) is 13.1 Å². The van der Waals surface area contributed by atoms with E-state index in [1.165, 1.54) is 12.8 Å². The summed E-state index contributed by atoms with van der Waals surface area (Å²) in [7, 11) is -3.73. The first kappa shape index (κ1) is 16.1. The van der Waals surface area contributed by atoms with E-state index in [2.05, 4.69) is 9.62 Å². The molecule has 0 radical (unpaired) electrons. The minimum absolute atomic E-state index is 0.0996. The quantitative estimate of drug-likeness (QED) is 0.436. The number of nitrogens with two attached hydrogens (primary N) is 1. The van der Waals surface area contributed by atoms with E-state index >= 15 is 0 Å². The second kappa shape index (κ2) is 6.69. The van der Waals surface area contributed by atoms with Crippen molar-refractivity contribution in [2.75, 3.05) is 31.9 Å². The van der Waals surface area contributed by atoms with Crippen molar-refractivity contribution in [2.45, 2.75) is 23.5 Å². The van der Waals surface area contributed by atoms with Crippen molar-refractivity contribution >= 4 is 32.0 Å². The van der Waals surface area contributed by atoms with Crippen LogP contribution in [-0.2, 0) is 10.0 Å². The molecule has 0 atom stereocenters. The van der Waals surface area contributed by atoms with E-state index in [0.29, 0.717) is 24.3 Å². The topological polar surface area (TPSA) is 119 Å². The smallest absolute Gasteiger partial charge is 0.304 e. The molecule has 0 spiro atoms. The fraction of sp³-hybridized carbons (Fsp3) is 0.636. The number of likely N-dealkylation sites (tertiary alicyclic amines) is 1. The van der Waals surface area contributed by atoms with Crippen LogP contribution in [0.2, 0.25) is 0 Å². The lowest BCUT2D eigenvalue weighted by molar-refractivity contribution is -0.383. The minimum atomic E-state index is -3.73. The zero-order valence-corrected chi connectivity index (χ0v) is 13.1. The Morgan fingerprint density at radius 1 is 1.43 bits per heavy atom. The molecule has 0 unspecified atom stereocenters. The maximum absolute atomic E-state index is 12.0. The van der Waals surface area contributed by atoms with Crippen molar-refractivity contribution < 1.29 is 13.3 Å². The van der Waals surface area contributed by atoms with Crippen LogP contribution in [0.25, 0.3) is 0 Å². The van der Waals surface area contributed by atoms with E-state index in [1.807, 2.05) is 0 Å². The fourth-order valence-corrected chi connectivity index (χ4v) is 4.57. The lowest BCUT2D eigenvalue weighted by atomic mass is 10.4. The predicted octanol–water partition coefficient (Wildman–Crippen LogP) is 1.00. The number of hydrogen-bond donors (Lipinski definition) is 2. The number of sulfonamides is 1. The van der Waals surface area contributed by atoms with Crippen LogP contribution in [0.3, 0.4) is 0 Å². The first-order valence-electron chi connectivity index (χ1n) is 6.66. The zero-order chi connectivity index (χ0) is 15.5. The summed E-state index contributed by atoms with van der Waals surface area (Å²) >= 11 is 0.708. The molecule has 21 heavy (non-hydrogen) atoms. The number of anilines is 1. The van der Waals surface area contributed by atoms with Crippen LogP contribution >= 0.6 is 11.3 Å². The van der Waals surface area contributed by atoms with Gasteiger partial charge in [0.05, 0.1) is 4.92 Å². The highest BCUT2D eigenvalue weighted by atomic mass is 32.2. The summed E-state index contributed by atoms with van der Waals surface area (Å²) in [5.41, 5.74) is 5.09. The monoisotopic (exact) mass is 334 g/mol. The third-order valence-electron chi connectivity index (χ3n) is 3.32. The molecule has 1 aliphatic heterocycles. The van der Waals surface area contributed by atoms with E-state index < -0.39 is 14.9 Å². The van der Waals surface area contributed by atoms with Crippen LogP contribution in [-0.4, -0.2) is 44.4 Å². The van der Waals surface area contributed by atoms with E-state index in [9.17, 15) is 18.5 Å². The van der Waals surface area contributed by atoms with Gasteiger partial charge in [0.1, 0.15) is 4.21 Å². The van der Waals surface area contributed by atoms with Gasteiger partial charge in [0.15, 0.2) is 5.00 Å². The molecule has 1 aliphatic rings. The van der Waals surface area contributed by atoms with Crippen LogP contribution < -0.4 is 10.5 Å². The first-order valence-corrected chi connectivity index (χ1v) is 8.96. The summed E-state index contributed by atoms with van der Waals surface area (Å²) < 4.78 is 26.4. The standard InChI is InChI=1S/C11H18N4O4S2/c12-11-9(15(16)17)8-10(20-11)21(18,19)13-4-3-7-14-5-1-2-6-14/h8,13H,1-7,12H2. The minimum Gasteiger partial charge on any atom is -0.385 e. The fourth-order valence-electron chi connectivity index (χ4n) is 2.23. The molecule has 0 amide bonds. The zero-order valence-electron chi connectivity index (χ0n) is 11.4. The van der Waals surface area contributed by atoms with Crippen LogP contribution in [0.4, 0.5) is 10.7 Å². The summed E-state index contributed by atoms with van der Waals surface area (Å²) in [5.74, 6) is 0. The van der Waals surface area contributed by atoms with Gasteiger partial charge < -0.3 is 10.6 Å². The molecular formula is C11H18N4O4S2. The van der Waals surface area contributed by atoms with Gasteiger partial charge in [-0.05, 0) is 38.9 Å². The molecule has 2 rings (SSSR count). The van der Waals surface area contributed by atoms with Gasteiger partial charge in [0.25, 0.3) is 0 Å². The average molecular weight is 334 g/mol. The highest BCUT2D eigenvalue weighted by Crippen LogP contribution is 2.34. The first-order chi connectivity index (χ1) is 9.90. The highest BCUT2D eigenvalue weighted by molar-refractivity contribution is 7.91. The molecule has 118 valence electrons. The molecule has 0 aliphatic carbocycles. The third-order valence-corrected chi connectivity index (χ3v) is 6.21. The molecule has 0 saturated carbocycles. The Morgan fingerprint density at radius 3 is 2.67 bits per heavy atom. The van der Waals surface area contributed by atoms with Crippen molar-refractivity contribution in [3.05, 3.63) is 16.2 Å². The second-order valence-electron chi connectivity index (χ2n) is 4.87. The lowest BCUT2D eigenvalue weighted by Crippen LogP contribution is -2.28. The molecule has 1 saturated heterocycles. The third kappa shape index (κ3) is 4.13. The van der Waals surface area contributed by atoms with Crippen molar-refractivity contribution in [3.63, 3.8) is 0 Å². The van der Waals surface area contributed by atoms with Gasteiger partial charge in [-0.3, -0.25) is 10.1 Å². The van der Waals surface area contributed by atoms with Crippen LogP contribution in [0, 0.1) is 10.1 Å². The van der Waals surface area contributed by atoms with Gasteiger partial charge in [-0.2, -0.15) is 0 Å². The summed E-state index contributed by atoms with van der Waals surface area (Å²) in [5, 5.41) is 10.6. The number of hydrogen-bond acceptors (Lipinski definition) is 7. The molecule has 8 nitrogen and oxygen atoms in total. The van der Waals surface area contributed by atoms with Gasteiger partial charge in [-0.15, -0.1) is 0 Å². The summed E-state index contributed by atoms with van der Waals surface area (Å²) in [6.45, 7) is 3.31. The number of rotatable bonds is 7. The Morgan fingerprint density at radius 2 is 2.10 bits per heavy atom. The molecule has 2 heterocycles. The Kier molecular flexibility index (Phi) is 5.14. The average Bonchev–Trinajstić information content (AvgIpc) is 3.04. The number of nitro groups is 1. The molecule has 1 fully saturated rings. The molecule has 10 heteroatoms. The molecule has 1 aromatic heterocycles. The molecule has 3 N–H and O–H groups in total. The van der Waals surface area contributed by atoms with Gasteiger partial charge >= 0.3 is 5.69 Å². The summed E-state index contributed by atoms with van der Waals surface area (Å²) in [4.78, 5) is 12.3. The van der Waals surface area contributed by atoms with Crippen LogP contribution in [0.1, 0.15) is 19.3 Å². The normalized spacial score (nSPS) is 16.4. The highest BCUT2D eigenvalue weighted by Gasteiger charge is 2.24. The number of nitrogens with zero attached hydrogens (tertiary/aromatic N) is 2. The molecule has 0 bridgehead atoms. The lowest BCUT2D eigenvalue weighted by Gasteiger charge is -2.14. The van der Waals surface area contributed by atoms with Crippen molar-refractivity contribution in [1.82, 2.24) is 9.62 Å². The Labute approximate surface area is 127 Å². The Bertz CT molecular complexity index is 608. The maximum Gasteiger partial charge on any atom is 0.304 e. The summed E-state index contributed by atoms with van der Waals surface area (Å²) in [6.07, 6.45) is 3.11. The Hall–Kier alpha value is -1.23. The Balaban J connectivity index is 1.89. The van der Waals surface area contributed by atoms with Gasteiger partial charge in [0.2, 0.25) is 10.0 Å². The van der Waals surface area contributed by atoms with Crippen LogP contribution in [0.15, 0.2) is 10.3 Å². The number of nitrogens with one attached hydrogen (secondary N) is 1. The SMILES string of the molecule is Nc1sc(S(=O)(=O)NCCCN2CCCC2)cc1[N+](=O)[O-]. The molecular weight excluding hydrogens is 316 g/mol. The van der Waals surface area contributed by atoms with Crippen molar-refractivity contribution in [1.29, 1.82) is 0 Å². The van der Waals surface area contributed by atoms with Gasteiger partial charge in [-0.1, -0.05) is 11.3 Å². The van der Waals surface area contributed by atoms with E-state index in [1.54, 1.807) is 0 Å². The van der Waals surface area contributed by atoms with E-state index in [-0.39, 0.29) is 14.9 Å². The largest absolute Gasteiger partial charge is 0.385 e. The van der Waals surface area contributed by atoms with E-state index in [4.69, 9.17) is 5.73 Å². The van der Waals surface area contributed by atoms with E-state index in [0.717, 1.165) is 25.7 Å². The predicted molar refractivity (Wildman–Crippen MR) is 80.9 cm³/mol. The maximum atomic E-state index is 12.0. The van der Waals surface area contributed by atoms with Crippen molar-refractivity contribution in [2.24, 2.45) is 0 Å². The number of nitrogen functional groups attached to an aromatic ring is 1. The number of thiophene rings is 1. The second-order valence-corrected chi connectivity index (χ2v) is 7.95. The molecule has 0 aromatic carbocycles. The molecule has 1 aromatic rings. The van der Waals surface area contributed by atoms with Crippen molar-refractivity contribution in [3.8, 4) is 0 Å². The van der Waals surface area contributed by atoms with Gasteiger partial charge in [0, 0.05) is 12.6 Å².